The van der Waals surface area contributed by atoms with Crippen LogP contribution >= 0.6 is 0 Å². The van der Waals surface area contributed by atoms with Crippen LogP contribution in [0.5, 0.6) is 0 Å². The molecule has 0 radical (unpaired) electrons. The second-order valence-electron chi connectivity index (χ2n) is 3.29. The fraction of sp³-hybridized carbons (Fsp3) is 0.273. The smallest absolute Gasteiger partial charge is 0.123 e. The van der Waals surface area contributed by atoms with Gasteiger partial charge in [0.1, 0.15) is 5.82 Å². The van der Waals surface area contributed by atoms with E-state index in [2.05, 4.69) is 6.58 Å². The van der Waals surface area contributed by atoms with Crippen LogP contribution in [-0.4, -0.2) is 13.6 Å². The maximum atomic E-state index is 12.6. The Kier molecular flexibility index (Phi) is 3.07. The summed E-state index contributed by atoms with van der Waals surface area (Å²) in [6.07, 6.45) is 0. The molecule has 0 bridgehead atoms. The summed E-state index contributed by atoms with van der Waals surface area (Å²) >= 11 is 0. The van der Waals surface area contributed by atoms with Crippen LogP contribution in [0.4, 0.5) is 10.1 Å². The minimum Gasteiger partial charge on any atom is -0.371 e. The number of rotatable bonds is 3. The Morgan fingerprint density at radius 3 is 2.38 bits per heavy atom. The lowest BCUT2D eigenvalue weighted by molar-refractivity contribution is 0.627. The third kappa shape index (κ3) is 2.90. The van der Waals surface area contributed by atoms with Crippen LogP contribution in [0, 0.1) is 5.82 Å². The van der Waals surface area contributed by atoms with Gasteiger partial charge in [0.25, 0.3) is 0 Å². The van der Waals surface area contributed by atoms with Crippen molar-refractivity contribution in [1.82, 2.24) is 0 Å². The van der Waals surface area contributed by atoms with Crippen molar-refractivity contribution in [2.45, 2.75) is 6.92 Å². The van der Waals surface area contributed by atoms with Crippen molar-refractivity contribution in [3.8, 4) is 0 Å². The summed E-state index contributed by atoms with van der Waals surface area (Å²) in [6, 6.07) is 6.45. The Morgan fingerprint density at radius 2 is 1.92 bits per heavy atom. The molecule has 0 saturated heterocycles. The van der Waals surface area contributed by atoms with Gasteiger partial charge >= 0.3 is 0 Å². The Bertz CT molecular complexity index is 289. The third-order valence-corrected chi connectivity index (χ3v) is 1.77. The summed E-state index contributed by atoms with van der Waals surface area (Å²) in [5.74, 6) is -0.201. The van der Waals surface area contributed by atoms with Gasteiger partial charge in [-0.1, -0.05) is 12.2 Å². The molecule has 0 amide bonds. The predicted octanol–water partition coefficient (Wildman–Crippen LogP) is 2.84. The second-order valence-corrected chi connectivity index (χ2v) is 3.29. The zero-order valence-electron chi connectivity index (χ0n) is 8.05. The lowest BCUT2D eigenvalue weighted by Crippen LogP contribution is -2.18. The van der Waals surface area contributed by atoms with E-state index in [0.717, 1.165) is 17.8 Å². The highest BCUT2D eigenvalue weighted by Gasteiger charge is 1.99. The molecule has 13 heavy (non-hydrogen) atoms. The second kappa shape index (κ2) is 4.08. The van der Waals surface area contributed by atoms with Gasteiger partial charge in [-0.3, -0.25) is 0 Å². The van der Waals surface area contributed by atoms with E-state index in [-0.39, 0.29) is 5.82 Å². The predicted molar refractivity (Wildman–Crippen MR) is 54.5 cm³/mol. The molecule has 1 rings (SSSR count). The first-order valence-electron chi connectivity index (χ1n) is 4.20. The molecule has 0 spiro atoms. The lowest BCUT2D eigenvalue weighted by Gasteiger charge is -2.18. The molecule has 0 saturated carbocycles. The molecule has 1 aromatic carbocycles. The lowest BCUT2D eigenvalue weighted by atomic mass is 10.2. The van der Waals surface area contributed by atoms with Crippen LogP contribution in [0.1, 0.15) is 6.92 Å². The summed E-state index contributed by atoms with van der Waals surface area (Å²) in [5.41, 5.74) is 2.09. The Morgan fingerprint density at radius 1 is 1.38 bits per heavy atom. The van der Waals surface area contributed by atoms with Gasteiger partial charge in [0.2, 0.25) is 0 Å². The minimum absolute atomic E-state index is 0.201. The highest BCUT2D eigenvalue weighted by Crippen LogP contribution is 2.13. The number of anilines is 1. The standard InChI is InChI=1S/C11H14FN/c1-9(2)8-13(3)11-6-4-10(12)5-7-11/h4-7H,1,8H2,2-3H3. The number of halogens is 1. The van der Waals surface area contributed by atoms with Crippen molar-refractivity contribution in [2.75, 3.05) is 18.5 Å². The van der Waals surface area contributed by atoms with Crippen molar-refractivity contribution < 1.29 is 4.39 Å². The number of hydrogen-bond acceptors (Lipinski definition) is 1. The van der Waals surface area contributed by atoms with Gasteiger partial charge in [0.05, 0.1) is 0 Å². The van der Waals surface area contributed by atoms with E-state index in [0.29, 0.717) is 0 Å². The molecule has 1 nitrogen and oxygen atoms in total. The first kappa shape index (κ1) is 9.78. The summed E-state index contributed by atoms with van der Waals surface area (Å²) in [4.78, 5) is 2.03. The molecule has 2 heteroatoms. The molecular formula is C11H14FN. The van der Waals surface area contributed by atoms with E-state index in [9.17, 15) is 4.39 Å². The number of nitrogens with zero attached hydrogens (tertiary/aromatic N) is 1. The Balaban J connectivity index is 2.71. The largest absolute Gasteiger partial charge is 0.371 e. The van der Waals surface area contributed by atoms with E-state index < -0.39 is 0 Å². The van der Waals surface area contributed by atoms with Crippen LogP contribution in [-0.2, 0) is 0 Å². The molecule has 0 aliphatic rings. The van der Waals surface area contributed by atoms with Gasteiger partial charge in [-0.2, -0.15) is 0 Å². The minimum atomic E-state index is -0.201. The van der Waals surface area contributed by atoms with E-state index in [1.165, 1.54) is 12.1 Å². The topological polar surface area (TPSA) is 3.24 Å². The normalized spacial score (nSPS) is 9.77. The van der Waals surface area contributed by atoms with Crippen molar-refractivity contribution in [1.29, 1.82) is 0 Å². The van der Waals surface area contributed by atoms with Crippen molar-refractivity contribution in [2.24, 2.45) is 0 Å². The molecule has 70 valence electrons. The highest BCUT2D eigenvalue weighted by molar-refractivity contribution is 5.46. The zero-order chi connectivity index (χ0) is 9.84. The van der Waals surface area contributed by atoms with E-state index in [1.54, 1.807) is 12.1 Å². The Labute approximate surface area is 78.5 Å². The number of hydrogen-bond donors (Lipinski definition) is 0. The van der Waals surface area contributed by atoms with Gasteiger partial charge in [-0.05, 0) is 31.2 Å². The molecule has 0 unspecified atom stereocenters. The first-order valence-corrected chi connectivity index (χ1v) is 4.20. The highest BCUT2D eigenvalue weighted by atomic mass is 19.1. The van der Waals surface area contributed by atoms with Gasteiger partial charge in [0, 0.05) is 19.3 Å². The maximum Gasteiger partial charge on any atom is 0.123 e. The number of benzene rings is 1. The molecule has 0 fully saturated rings. The Hall–Kier alpha value is -1.31. The van der Waals surface area contributed by atoms with Crippen molar-refractivity contribution >= 4 is 5.69 Å². The SMILES string of the molecule is C=C(C)CN(C)c1ccc(F)cc1. The van der Waals surface area contributed by atoms with Crippen LogP contribution in [0.25, 0.3) is 0 Å². The van der Waals surface area contributed by atoms with Gasteiger partial charge < -0.3 is 4.90 Å². The first-order chi connectivity index (χ1) is 6.09. The molecule has 0 aliphatic heterocycles. The van der Waals surface area contributed by atoms with E-state index in [4.69, 9.17) is 0 Å². The van der Waals surface area contributed by atoms with Gasteiger partial charge in [-0.25, -0.2) is 4.39 Å². The van der Waals surface area contributed by atoms with Crippen molar-refractivity contribution in [3.05, 3.63) is 42.2 Å². The summed E-state index contributed by atoms with van der Waals surface area (Å²) in [6.45, 7) is 6.59. The third-order valence-electron chi connectivity index (χ3n) is 1.77. The fourth-order valence-electron chi connectivity index (χ4n) is 1.19. The average molecular weight is 179 g/mol. The van der Waals surface area contributed by atoms with Crippen LogP contribution in [0.15, 0.2) is 36.4 Å². The van der Waals surface area contributed by atoms with Crippen LogP contribution in [0.3, 0.4) is 0 Å². The molecular weight excluding hydrogens is 165 g/mol. The van der Waals surface area contributed by atoms with Crippen molar-refractivity contribution in [3.63, 3.8) is 0 Å². The van der Waals surface area contributed by atoms with Gasteiger partial charge in [0.15, 0.2) is 0 Å². The van der Waals surface area contributed by atoms with E-state index >= 15 is 0 Å². The summed E-state index contributed by atoms with van der Waals surface area (Å²) in [7, 11) is 1.96. The van der Waals surface area contributed by atoms with E-state index in [1.807, 2.05) is 18.9 Å². The molecule has 0 aromatic heterocycles. The monoisotopic (exact) mass is 179 g/mol. The number of likely N-dealkylation sites (N-methyl/N-ethyl adjacent to an activating group) is 1. The summed E-state index contributed by atoms with van der Waals surface area (Å²) < 4.78 is 12.6. The molecule has 0 heterocycles. The van der Waals surface area contributed by atoms with Crippen LogP contribution in [0.2, 0.25) is 0 Å². The molecule has 0 aliphatic carbocycles. The van der Waals surface area contributed by atoms with Gasteiger partial charge in [-0.15, -0.1) is 0 Å². The zero-order valence-corrected chi connectivity index (χ0v) is 8.05. The quantitative estimate of drug-likeness (QED) is 0.645. The summed E-state index contributed by atoms with van der Waals surface area (Å²) in [5, 5.41) is 0. The maximum absolute atomic E-state index is 12.6. The molecule has 1 aromatic rings. The molecule has 0 atom stereocenters. The average Bonchev–Trinajstić information content (AvgIpc) is 2.04. The molecule has 0 N–H and O–H groups in total. The van der Waals surface area contributed by atoms with Crippen LogP contribution < -0.4 is 4.90 Å². The fourth-order valence-corrected chi connectivity index (χ4v) is 1.19.